The minimum absolute atomic E-state index is 0.0175. The summed E-state index contributed by atoms with van der Waals surface area (Å²) in [6, 6.07) is 13.3. The minimum Gasteiger partial charge on any atom is -0.467 e. The molecule has 0 radical (unpaired) electrons. The van der Waals surface area contributed by atoms with E-state index in [4.69, 9.17) is 37.9 Å². The van der Waals surface area contributed by atoms with Crippen LogP contribution in [-0.2, 0) is 60.4 Å². The molecule has 2 aromatic carbocycles. The molecule has 0 spiro atoms. The summed E-state index contributed by atoms with van der Waals surface area (Å²) in [6.45, 7) is 6.36. The van der Waals surface area contributed by atoms with E-state index < -0.39 is 54.6 Å². The Labute approximate surface area is 250 Å². The molecule has 12 heteroatoms. The molecule has 0 amide bonds. The van der Waals surface area contributed by atoms with Crippen LogP contribution in [0.3, 0.4) is 0 Å². The van der Waals surface area contributed by atoms with Crippen LogP contribution >= 0.6 is 0 Å². The Kier molecular flexibility index (Phi) is 12.3. The highest BCUT2D eigenvalue weighted by atomic mass is 16.7. The monoisotopic (exact) mass is 602 g/mol. The second-order valence-electron chi connectivity index (χ2n) is 9.85. The Morgan fingerprint density at radius 3 is 1.95 bits per heavy atom. The average molecular weight is 603 g/mol. The van der Waals surface area contributed by atoms with Crippen molar-refractivity contribution in [2.24, 2.45) is 0 Å². The first-order chi connectivity index (χ1) is 20.5. The van der Waals surface area contributed by atoms with Crippen molar-refractivity contribution in [1.82, 2.24) is 0 Å². The molecule has 1 unspecified atom stereocenters. The normalized spacial score (nSPS) is 21.3. The lowest BCUT2D eigenvalue weighted by molar-refractivity contribution is -0.288. The molecule has 3 rings (SSSR count). The van der Waals surface area contributed by atoms with Gasteiger partial charge in [-0.2, -0.15) is 0 Å². The van der Waals surface area contributed by atoms with E-state index in [0.29, 0.717) is 17.9 Å². The summed E-state index contributed by atoms with van der Waals surface area (Å²) in [6.07, 6.45) is -5.19. The first-order valence-electron chi connectivity index (χ1n) is 13.8. The number of hydrogen-bond acceptors (Lipinski definition) is 12. The van der Waals surface area contributed by atoms with Crippen molar-refractivity contribution in [1.29, 1.82) is 0 Å². The quantitative estimate of drug-likeness (QED) is 0.189. The van der Waals surface area contributed by atoms with Gasteiger partial charge in [-0.1, -0.05) is 37.3 Å². The van der Waals surface area contributed by atoms with Gasteiger partial charge in [0.2, 0.25) is 12.4 Å². The van der Waals surface area contributed by atoms with Crippen LogP contribution < -0.4 is 9.47 Å². The van der Waals surface area contributed by atoms with E-state index in [9.17, 15) is 19.2 Å². The third-order valence-corrected chi connectivity index (χ3v) is 6.40. The van der Waals surface area contributed by atoms with Gasteiger partial charge in [0.15, 0.2) is 19.0 Å². The Morgan fingerprint density at radius 1 is 0.767 bits per heavy atom. The molecule has 234 valence electrons. The molecule has 0 aromatic heterocycles. The van der Waals surface area contributed by atoms with Gasteiger partial charge in [0.1, 0.15) is 24.2 Å². The van der Waals surface area contributed by atoms with Gasteiger partial charge in [0.25, 0.3) is 0 Å². The Morgan fingerprint density at radius 2 is 1.37 bits per heavy atom. The van der Waals surface area contributed by atoms with Crippen LogP contribution in [-0.4, -0.2) is 75.1 Å². The highest BCUT2D eigenvalue weighted by Gasteiger charge is 2.53. The highest BCUT2D eigenvalue weighted by molar-refractivity contribution is 5.68. The maximum absolute atomic E-state index is 12.2. The summed E-state index contributed by atoms with van der Waals surface area (Å²) in [5, 5.41) is 0. The number of carbonyl (C=O) groups is 4. The number of rotatable bonds is 13. The molecule has 2 aromatic rings. The summed E-state index contributed by atoms with van der Waals surface area (Å²) in [5.74, 6) is -2.07. The number of aryl methyl sites for hydroxylation is 1. The summed E-state index contributed by atoms with van der Waals surface area (Å²) in [4.78, 5) is 48.0. The van der Waals surface area contributed by atoms with E-state index in [2.05, 4.69) is 6.92 Å². The van der Waals surface area contributed by atoms with Crippen molar-refractivity contribution in [2.75, 3.05) is 20.5 Å². The van der Waals surface area contributed by atoms with Crippen molar-refractivity contribution in [2.45, 2.75) is 78.2 Å². The van der Waals surface area contributed by atoms with E-state index in [0.717, 1.165) is 38.3 Å². The molecule has 43 heavy (non-hydrogen) atoms. The highest BCUT2D eigenvalue weighted by Crippen LogP contribution is 2.34. The lowest BCUT2D eigenvalue weighted by Gasteiger charge is -2.44. The summed E-state index contributed by atoms with van der Waals surface area (Å²) in [7, 11) is 1.49. The fourth-order valence-corrected chi connectivity index (χ4v) is 4.53. The third kappa shape index (κ3) is 9.97. The lowest BCUT2D eigenvalue weighted by atomic mass is 9.97. The van der Waals surface area contributed by atoms with Gasteiger partial charge < -0.3 is 37.9 Å². The van der Waals surface area contributed by atoms with Gasteiger partial charge in [-0.15, -0.1) is 0 Å². The zero-order chi connectivity index (χ0) is 31.5. The Bertz CT molecular complexity index is 1260. The van der Waals surface area contributed by atoms with Crippen LogP contribution in [0.2, 0.25) is 0 Å². The molecule has 1 fully saturated rings. The van der Waals surface area contributed by atoms with Crippen molar-refractivity contribution in [3.63, 3.8) is 0 Å². The number of methoxy groups -OCH3 is 1. The Balaban J connectivity index is 2.06. The molecule has 1 aliphatic heterocycles. The predicted molar refractivity (Wildman–Crippen MR) is 150 cm³/mol. The number of carbonyl (C=O) groups excluding carboxylic acids is 4. The molecule has 1 saturated heterocycles. The van der Waals surface area contributed by atoms with Crippen LogP contribution in [0.25, 0.3) is 0 Å². The van der Waals surface area contributed by atoms with E-state index in [1.54, 1.807) is 12.1 Å². The first-order valence-corrected chi connectivity index (χ1v) is 13.8. The van der Waals surface area contributed by atoms with Gasteiger partial charge in [-0.05, 0) is 29.2 Å². The fourth-order valence-electron chi connectivity index (χ4n) is 4.53. The van der Waals surface area contributed by atoms with E-state index >= 15 is 0 Å². The zero-order valence-corrected chi connectivity index (χ0v) is 25.2. The smallest absolute Gasteiger partial charge is 0.303 e. The molecule has 12 nitrogen and oxygen atoms in total. The number of benzene rings is 2. The SMILES string of the molecule is CCc1ccc(Cc2ccc(OCOC)cc2OC2O[C@H](COC(C)=O)[C@@H](OC(C)=O)[C@H](OC(C)=O)[C@H]2OC(C)=O)cc1. The van der Waals surface area contributed by atoms with Gasteiger partial charge in [0.05, 0.1) is 0 Å². The second kappa shape index (κ2) is 15.9. The fraction of sp³-hybridized carbons (Fsp3) is 0.484. The molecule has 0 saturated carbocycles. The summed E-state index contributed by atoms with van der Waals surface area (Å²) in [5.41, 5.74) is 2.94. The number of esters is 4. The van der Waals surface area contributed by atoms with Gasteiger partial charge >= 0.3 is 23.9 Å². The van der Waals surface area contributed by atoms with E-state index in [1.165, 1.54) is 19.6 Å². The second-order valence-corrected chi connectivity index (χ2v) is 9.85. The van der Waals surface area contributed by atoms with E-state index in [1.807, 2.05) is 30.3 Å². The molecule has 1 heterocycles. The van der Waals surface area contributed by atoms with Crippen molar-refractivity contribution in [3.05, 3.63) is 59.2 Å². The number of hydrogen-bond donors (Lipinski definition) is 0. The molecule has 5 atom stereocenters. The molecule has 1 aliphatic rings. The minimum atomic E-state index is -1.39. The van der Waals surface area contributed by atoms with Crippen LogP contribution in [0.15, 0.2) is 42.5 Å². The van der Waals surface area contributed by atoms with Crippen molar-refractivity contribution >= 4 is 23.9 Å². The average Bonchev–Trinajstić information content (AvgIpc) is 2.94. The lowest BCUT2D eigenvalue weighted by Crippen LogP contribution is -2.63. The van der Waals surface area contributed by atoms with Crippen LogP contribution in [0, 0.1) is 0 Å². The molecular formula is C31H38O12. The topological polar surface area (TPSA) is 142 Å². The maximum Gasteiger partial charge on any atom is 0.303 e. The zero-order valence-electron chi connectivity index (χ0n) is 25.2. The molecule has 0 aliphatic carbocycles. The standard InChI is InChI=1S/C31H38O12/c1-7-22-8-10-23(11-9-22)14-24-12-13-25(38-17-36-6)15-26(24)42-31-30(41-21(5)35)29(40-20(4)34)28(39-19(3)33)27(43-31)16-37-18(2)32/h8-13,15,27-31H,7,14,16-17H2,1-6H3/t27-,28-,29+,30-,31?/m1/s1. The predicted octanol–water partition coefficient (Wildman–Crippen LogP) is 3.28. The molecule has 0 N–H and O–H groups in total. The van der Waals surface area contributed by atoms with Gasteiger partial charge in [-0.3, -0.25) is 19.2 Å². The molecular weight excluding hydrogens is 564 g/mol. The number of ether oxygens (including phenoxy) is 8. The first kappa shape index (κ1) is 33.3. The molecule has 0 bridgehead atoms. The van der Waals surface area contributed by atoms with Crippen LogP contribution in [0.4, 0.5) is 0 Å². The summed E-state index contributed by atoms with van der Waals surface area (Å²) < 4.78 is 44.8. The van der Waals surface area contributed by atoms with E-state index in [-0.39, 0.29) is 13.4 Å². The largest absolute Gasteiger partial charge is 0.467 e. The van der Waals surface area contributed by atoms with Crippen LogP contribution in [0.1, 0.15) is 51.3 Å². The van der Waals surface area contributed by atoms with Crippen LogP contribution in [0.5, 0.6) is 11.5 Å². The van der Waals surface area contributed by atoms with Gasteiger partial charge in [0, 0.05) is 47.3 Å². The van der Waals surface area contributed by atoms with Crippen molar-refractivity contribution in [3.8, 4) is 11.5 Å². The Hall–Kier alpha value is -4.16. The third-order valence-electron chi connectivity index (χ3n) is 6.40. The van der Waals surface area contributed by atoms with Crippen molar-refractivity contribution < 1.29 is 57.1 Å². The summed E-state index contributed by atoms with van der Waals surface area (Å²) >= 11 is 0. The maximum atomic E-state index is 12.2. The van der Waals surface area contributed by atoms with Gasteiger partial charge in [-0.25, -0.2) is 0 Å².